The van der Waals surface area contributed by atoms with Gasteiger partial charge in [0.25, 0.3) is 5.69 Å². The van der Waals surface area contributed by atoms with Crippen molar-refractivity contribution < 1.29 is 13.3 Å². The Labute approximate surface area is 136 Å². The van der Waals surface area contributed by atoms with Crippen molar-refractivity contribution in [3.8, 4) is 0 Å². The first-order valence-corrected chi connectivity index (χ1v) is 9.65. The maximum atomic E-state index is 11.9. The zero-order valence-electron chi connectivity index (χ0n) is 13.5. The SMILES string of the molecule is CCN1CCCC(CNc2ccc([N+](=O)[O-])cc2S(C)(=O)=O)C1. The van der Waals surface area contributed by atoms with Crippen molar-refractivity contribution in [1.29, 1.82) is 0 Å². The van der Waals surface area contributed by atoms with Crippen LogP contribution in [0.2, 0.25) is 0 Å². The predicted octanol–water partition coefficient (Wildman–Crippen LogP) is 2.14. The number of likely N-dealkylation sites (tertiary alicyclic amines) is 1. The molecule has 0 aliphatic carbocycles. The highest BCUT2D eigenvalue weighted by molar-refractivity contribution is 7.90. The molecule has 1 heterocycles. The molecule has 0 radical (unpaired) electrons. The quantitative estimate of drug-likeness (QED) is 0.629. The molecule has 0 spiro atoms. The minimum Gasteiger partial charge on any atom is -0.384 e. The fraction of sp³-hybridized carbons (Fsp3) is 0.600. The van der Waals surface area contributed by atoms with E-state index in [-0.39, 0.29) is 10.6 Å². The molecule has 1 aliphatic rings. The number of nitro benzene ring substituents is 1. The average molecular weight is 341 g/mol. The molecule has 23 heavy (non-hydrogen) atoms. The van der Waals surface area contributed by atoms with Gasteiger partial charge in [-0.05, 0) is 37.9 Å². The molecule has 0 bridgehead atoms. The van der Waals surface area contributed by atoms with Gasteiger partial charge in [0.05, 0.1) is 15.5 Å². The van der Waals surface area contributed by atoms with E-state index in [1.807, 2.05) is 0 Å². The lowest BCUT2D eigenvalue weighted by molar-refractivity contribution is -0.385. The minimum atomic E-state index is -3.54. The largest absolute Gasteiger partial charge is 0.384 e. The van der Waals surface area contributed by atoms with Crippen LogP contribution in [0, 0.1) is 16.0 Å². The Bertz CT molecular complexity index is 675. The zero-order chi connectivity index (χ0) is 17.0. The summed E-state index contributed by atoms with van der Waals surface area (Å²) in [5.74, 6) is 0.450. The lowest BCUT2D eigenvalue weighted by atomic mass is 9.98. The van der Waals surface area contributed by atoms with Crippen LogP contribution in [0.4, 0.5) is 11.4 Å². The molecule has 1 atom stereocenters. The minimum absolute atomic E-state index is 0.0187. The molecule has 2 rings (SSSR count). The lowest BCUT2D eigenvalue weighted by Crippen LogP contribution is -2.37. The second-order valence-corrected chi connectivity index (χ2v) is 7.98. The van der Waals surface area contributed by atoms with Gasteiger partial charge >= 0.3 is 0 Å². The van der Waals surface area contributed by atoms with Crippen LogP contribution in [0.15, 0.2) is 23.1 Å². The van der Waals surface area contributed by atoms with Gasteiger partial charge in [-0.3, -0.25) is 10.1 Å². The Kier molecular flexibility index (Phi) is 5.59. The van der Waals surface area contributed by atoms with Crippen molar-refractivity contribution in [1.82, 2.24) is 4.90 Å². The van der Waals surface area contributed by atoms with E-state index in [0.717, 1.165) is 44.8 Å². The summed E-state index contributed by atoms with van der Waals surface area (Å²) in [4.78, 5) is 12.6. The first kappa shape index (κ1) is 17.7. The Morgan fingerprint density at radius 2 is 2.17 bits per heavy atom. The number of nitrogens with one attached hydrogen (secondary N) is 1. The van der Waals surface area contributed by atoms with Gasteiger partial charge in [-0.25, -0.2) is 8.42 Å². The highest BCUT2D eigenvalue weighted by Crippen LogP contribution is 2.27. The van der Waals surface area contributed by atoms with Gasteiger partial charge < -0.3 is 10.2 Å². The number of anilines is 1. The van der Waals surface area contributed by atoms with Gasteiger partial charge in [0.2, 0.25) is 0 Å². The molecule has 0 amide bonds. The molecule has 7 nitrogen and oxygen atoms in total. The van der Waals surface area contributed by atoms with Crippen LogP contribution >= 0.6 is 0 Å². The highest BCUT2D eigenvalue weighted by Gasteiger charge is 2.21. The molecule has 1 fully saturated rings. The maximum Gasteiger partial charge on any atom is 0.270 e. The van der Waals surface area contributed by atoms with Crippen molar-refractivity contribution in [2.45, 2.75) is 24.7 Å². The Morgan fingerprint density at radius 1 is 1.43 bits per heavy atom. The van der Waals surface area contributed by atoms with E-state index in [0.29, 0.717) is 18.2 Å². The summed E-state index contributed by atoms with van der Waals surface area (Å²) in [7, 11) is -3.54. The van der Waals surface area contributed by atoms with Gasteiger partial charge in [-0.1, -0.05) is 6.92 Å². The molecular formula is C15H23N3O4S. The van der Waals surface area contributed by atoms with Gasteiger partial charge in [0.1, 0.15) is 0 Å². The third-order valence-corrected chi connectivity index (χ3v) is 5.34. The predicted molar refractivity (Wildman–Crippen MR) is 89.5 cm³/mol. The molecule has 1 aliphatic heterocycles. The third-order valence-electron chi connectivity index (χ3n) is 4.21. The molecule has 0 saturated carbocycles. The number of rotatable bonds is 6. The normalized spacial score (nSPS) is 19.5. The standard InChI is InChI=1S/C15H23N3O4S/c1-3-17-8-4-5-12(11-17)10-16-14-7-6-13(18(19)20)9-15(14)23(2,21)22/h6-7,9,12,16H,3-5,8,10-11H2,1-2H3. The van der Waals surface area contributed by atoms with E-state index in [2.05, 4.69) is 17.1 Å². The van der Waals surface area contributed by atoms with E-state index in [1.54, 1.807) is 0 Å². The second-order valence-electron chi connectivity index (χ2n) is 5.99. The topological polar surface area (TPSA) is 92.5 Å². The summed E-state index contributed by atoms with van der Waals surface area (Å²) in [5.41, 5.74) is 0.220. The van der Waals surface area contributed by atoms with Crippen LogP contribution in [-0.4, -0.2) is 50.7 Å². The van der Waals surface area contributed by atoms with Crippen LogP contribution in [-0.2, 0) is 9.84 Å². The summed E-state index contributed by atoms with van der Waals surface area (Å²) in [6.07, 6.45) is 3.31. The number of non-ortho nitro benzene ring substituents is 1. The Hall–Kier alpha value is -1.67. The van der Waals surface area contributed by atoms with E-state index in [4.69, 9.17) is 0 Å². The smallest absolute Gasteiger partial charge is 0.270 e. The second kappa shape index (κ2) is 7.27. The molecule has 1 N–H and O–H groups in total. The van der Waals surface area contributed by atoms with Crippen LogP contribution in [0.25, 0.3) is 0 Å². The molecular weight excluding hydrogens is 318 g/mol. The van der Waals surface area contributed by atoms with Gasteiger partial charge in [0.15, 0.2) is 9.84 Å². The first-order valence-electron chi connectivity index (χ1n) is 7.76. The fourth-order valence-electron chi connectivity index (χ4n) is 2.94. The van der Waals surface area contributed by atoms with Crippen molar-refractivity contribution in [2.75, 3.05) is 37.8 Å². The first-order chi connectivity index (χ1) is 10.8. The summed E-state index contributed by atoms with van der Waals surface area (Å²) in [5, 5.41) is 14.0. The summed E-state index contributed by atoms with van der Waals surface area (Å²) >= 11 is 0. The summed E-state index contributed by atoms with van der Waals surface area (Å²) in [6.45, 7) is 5.91. The summed E-state index contributed by atoms with van der Waals surface area (Å²) in [6, 6.07) is 3.93. The van der Waals surface area contributed by atoms with Crippen LogP contribution in [0.3, 0.4) is 0 Å². The van der Waals surface area contributed by atoms with Crippen LogP contribution in [0.1, 0.15) is 19.8 Å². The Morgan fingerprint density at radius 3 is 2.78 bits per heavy atom. The van der Waals surface area contributed by atoms with E-state index < -0.39 is 14.8 Å². The molecule has 1 aromatic rings. The monoisotopic (exact) mass is 341 g/mol. The lowest BCUT2D eigenvalue weighted by Gasteiger charge is -2.32. The average Bonchev–Trinajstić information content (AvgIpc) is 2.52. The molecule has 0 aromatic heterocycles. The number of piperidine rings is 1. The van der Waals surface area contributed by atoms with Crippen LogP contribution < -0.4 is 5.32 Å². The van der Waals surface area contributed by atoms with Crippen molar-refractivity contribution in [2.24, 2.45) is 5.92 Å². The van der Waals surface area contributed by atoms with Crippen molar-refractivity contribution in [3.63, 3.8) is 0 Å². The molecule has 1 saturated heterocycles. The third kappa shape index (κ3) is 4.65. The maximum absolute atomic E-state index is 11.9. The van der Waals surface area contributed by atoms with E-state index in [9.17, 15) is 18.5 Å². The number of sulfone groups is 1. The zero-order valence-corrected chi connectivity index (χ0v) is 14.3. The van der Waals surface area contributed by atoms with Gasteiger partial charge in [-0.2, -0.15) is 0 Å². The van der Waals surface area contributed by atoms with E-state index >= 15 is 0 Å². The molecule has 1 unspecified atom stereocenters. The van der Waals surface area contributed by atoms with Gasteiger partial charge in [0, 0.05) is 31.5 Å². The number of hydrogen-bond donors (Lipinski definition) is 1. The molecule has 1 aromatic carbocycles. The number of nitro groups is 1. The molecule has 8 heteroatoms. The van der Waals surface area contributed by atoms with Crippen LogP contribution in [0.5, 0.6) is 0 Å². The highest BCUT2D eigenvalue weighted by atomic mass is 32.2. The number of hydrogen-bond acceptors (Lipinski definition) is 6. The van der Waals surface area contributed by atoms with Crippen molar-refractivity contribution in [3.05, 3.63) is 28.3 Å². The van der Waals surface area contributed by atoms with Crippen molar-refractivity contribution >= 4 is 21.2 Å². The number of benzene rings is 1. The fourth-order valence-corrected chi connectivity index (χ4v) is 3.81. The van der Waals surface area contributed by atoms with Gasteiger partial charge in [-0.15, -0.1) is 0 Å². The molecule has 128 valence electrons. The Balaban J connectivity index is 2.14. The van der Waals surface area contributed by atoms with E-state index in [1.165, 1.54) is 12.1 Å². The number of nitrogens with zero attached hydrogens (tertiary/aromatic N) is 2. The summed E-state index contributed by atoms with van der Waals surface area (Å²) < 4.78 is 23.8.